The van der Waals surface area contributed by atoms with E-state index < -0.39 is 16.8 Å². The molecule has 0 radical (unpaired) electrons. The smallest absolute Gasteiger partial charge is 0.337 e. The zero-order valence-electron chi connectivity index (χ0n) is 12.4. The molecule has 0 atom stereocenters. The summed E-state index contributed by atoms with van der Waals surface area (Å²) in [6, 6.07) is 9.19. The van der Waals surface area contributed by atoms with Gasteiger partial charge in [-0.3, -0.25) is 20.2 Å². The van der Waals surface area contributed by atoms with Crippen LogP contribution >= 0.6 is 23.8 Å². The highest BCUT2D eigenvalue weighted by Crippen LogP contribution is 2.21. The first kappa shape index (κ1) is 18.3. The predicted molar refractivity (Wildman–Crippen MR) is 95.2 cm³/mol. The highest BCUT2D eigenvalue weighted by atomic mass is 35.5. The van der Waals surface area contributed by atoms with Gasteiger partial charge in [-0.15, -0.1) is 0 Å². The van der Waals surface area contributed by atoms with Crippen LogP contribution < -0.4 is 10.6 Å². The number of amides is 1. The minimum Gasteiger partial charge on any atom is -0.478 e. The van der Waals surface area contributed by atoms with Crippen LogP contribution in [0, 0.1) is 10.1 Å². The van der Waals surface area contributed by atoms with Crippen molar-refractivity contribution < 1.29 is 19.6 Å². The number of carboxylic acid groups (broad SMARTS) is 1. The lowest BCUT2D eigenvalue weighted by Crippen LogP contribution is -2.34. The van der Waals surface area contributed by atoms with Crippen LogP contribution in [0.15, 0.2) is 42.5 Å². The van der Waals surface area contributed by atoms with Crippen molar-refractivity contribution in [2.24, 2.45) is 0 Å². The molecule has 0 bridgehead atoms. The maximum Gasteiger partial charge on any atom is 0.337 e. The number of carbonyl (C=O) groups excluding carboxylic acids is 1. The van der Waals surface area contributed by atoms with Crippen LogP contribution in [0.2, 0.25) is 5.02 Å². The summed E-state index contributed by atoms with van der Waals surface area (Å²) >= 11 is 10.7. The quantitative estimate of drug-likeness (QED) is 0.424. The van der Waals surface area contributed by atoms with E-state index in [1.54, 1.807) is 0 Å². The molecule has 0 saturated heterocycles. The Balaban J connectivity index is 2.13. The summed E-state index contributed by atoms with van der Waals surface area (Å²) in [4.78, 5) is 33.4. The maximum absolute atomic E-state index is 12.1. The van der Waals surface area contributed by atoms with Gasteiger partial charge in [-0.05, 0) is 36.5 Å². The fraction of sp³-hybridized carbons (Fsp3) is 0. The number of nitrogens with one attached hydrogen (secondary N) is 2. The fourth-order valence-corrected chi connectivity index (χ4v) is 2.27. The predicted octanol–water partition coefficient (Wildman–Crippen LogP) is 3.07. The monoisotopic (exact) mass is 379 g/mol. The number of hydrogen-bond acceptors (Lipinski definition) is 5. The largest absolute Gasteiger partial charge is 0.478 e. The van der Waals surface area contributed by atoms with Crippen molar-refractivity contribution in [3.05, 3.63) is 68.7 Å². The highest BCUT2D eigenvalue weighted by Gasteiger charge is 2.15. The normalized spacial score (nSPS) is 9.96. The molecule has 0 aliphatic heterocycles. The van der Waals surface area contributed by atoms with Gasteiger partial charge in [0.2, 0.25) is 0 Å². The Labute approximate surface area is 151 Å². The third-order valence-corrected chi connectivity index (χ3v) is 3.45. The Morgan fingerprint density at radius 2 is 1.92 bits per heavy atom. The van der Waals surface area contributed by atoms with Crippen molar-refractivity contribution in [2.75, 3.05) is 5.32 Å². The summed E-state index contributed by atoms with van der Waals surface area (Å²) in [7, 11) is 0. The average Bonchev–Trinajstić information content (AvgIpc) is 2.56. The minimum atomic E-state index is -1.22. The molecule has 0 heterocycles. The molecule has 128 valence electrons. The van der Waals surface area contributed by atoms with Crippen molar-refractivity contribution in [2.45, 2.75) is 0 Å². The number of halogens is 1. The number of rotatable bonds is 4. The third-order valence-electron chi connectivity index (χ3n) is 3.01. The number of nitrogens with zero attached hydrogens (tertiary/aromatic N) is 1. The van der Waals surface area contributed by atoms with Gasteiger partial charge in [-0.25, -0.2) is 4.79 Å². The summed E-state index contributed by atoms with van der Waals surface area (Å²) in [5, 5.41) is 24.9. The van der Waals surface area contributed by atoms with Gasteiger partial charge < -0.3 is 10.4 Å². The van der Waals surface area contributed by atoms with Gasteiger partial charge in [0.1, 0.15) is 0 Å². The van der Waals surface area contributed by atoms with E-state index in [1.807, 2.05) is 0 Å². The number of nitro benzene ring substituents is 1. The number of anilines is 1. The number of carboxylic acids is 1. The number of non-ortho nitro benzene ring substituents is 1. The summed E-state index contributed by atoms with van der Waals surface area (Å²) in [5.41, 5.74) is -0.189. The zero-order chi connectivity index (χ0) is 18.6. The first-order valence-corrected chi connectivity index (χ1v) is 7.46. The molecule has 0 saturated carbocycles. The van der Waals surface area contributed by atoms with Gasteiger partial charge in [-0.1, -0.05) is 17.7 Å². The van der Waals surface area contributed by atoms with Gasteiger partial charge in [0.15, 0.2) is 5.11 Å². The van der Waals surface area contributed by atoms with E-state index in [2.05, 4.69) is 10.6 Å². The molecule has 0 unspecified atom stereocenters. The molecule has 0 aliphatic carbocycles. The van der Waals surface area contributed by atoms with Crippen molar-refractivity contribution in [3.63, 3.8) is 0 Å². The second-order valence-electron chi connectivity index (χ2n) is 4.71. The molecule has 8 nitrogen and oxygen atoms in total. The second kappa shape index (κ2) is 7.69. The maximum atomic E-state index is 12.1. The summed E-state index contributed by atoms with van der Waals surface area (Å²) in [6.45, 7) is 0. The molecule has 25 heavy (non-hydrogen) atoms. The Morgan fingerprint density at radius 3 is 2.56 bits per heavy atom. The molecule has 0 spiro atoms. The Morgan fingerprint density at radius 1 is 1.20 bits per heavy atom. The molecule has 0 aliphatic rings. The topological polar surface area (TPSA) is 122 Å². The first-order valence-electron chi connectivity index (χ1n) is 6.67. The summed E-state index contributed by atoms with van der Waals surface area (Å²) < 4.78 is 0. The average molecular weight is 380 g/mol. The van der Waals surface area contributed by atoms with Gasteiger partial charge in [0.05, 0.1) is 16.2 Å². The second-order valence-corrected chi connectivity index (χ2v) is 5.56. The molecule has 10 heteroatoms. The van der Waals surface area contributed by atoms with Crippen molar-refractivity contribution in [1.29, 1.82) is 0 Å². The van der Waals surface area contributed by atoms with Crippen molar-refractivity contribution >= 4 is 52.2 Å². The number of nitro groups is 1. The molecule has 0 fully saturated rings. The fourth-order valence-electron chi connectivity index (χ4n) is 1.89. The number of hydrogen-bond donors (Lipinski definition) is 3. The van der Waals surface area contributed by atoms with Crippen LogP contribution in [-0.4, -0.2) is 27.0 Å². The van der Waals surface area contributed by atoms with E-state index in [1.165, 1.54) is 36.4 Å². The van der Waals surface area contributed by atoms with Gasteiger partial charge >= 0.3 is 5.97 Å². The van der Waals surface area contributed by atoms with Crippen LogP contribution in [0.25, 0.3) is 0 Å². The Bertz CT molecular complexity index is 887. The molecular weight excluding hydrogens is 370 g/mol. The number of carbonyl (C=O) groups is 2. The lowest BCUT2D eigenvalue weighted by Gasteiger charge is -2.12. The van der Waals surface area contributed by atoms with Crippen molar-refractivity contribution in [3.8, 4) is 0 Å². The van der Waals surface area contributed by atoms with Crippen LogP contribution in [-0.2, 0) is 0 Å². The number of benzene rings is 2. The van der Waals surface area contributed by atoms with E-state index in [-0.39, 0.29) is 32.6 Å². The van der Waals surface area contributed by atoms with Gasteiger partial charge in [-0.2, -0.15) is 0 Å². The highest BCUT2D eigenvalue weighted by molar-refractivity contribution is 7.80. The zero-order valence-corrected chi connectivity index (χ0v) is 13.9. The molecular formula is C15H10ClN3O5S. The SMILES string of the molecule is O=C(NC(=S)Nc1ccc(Cl)cc1C(=O)O)c1cccc([N+](=O)[O-])c1. The minimum absolute atomic E-state index is 0.0351. The number of aromatic carboxylic acids is 1. The van der Waals surface area contributed by atoms with E-state index in [9.17, 15) is 19.7 Å². The van der Waals surface area contributed by atoms with E-state index in [0.29, 0.717) is 0 Å². The van der Waals surface area contributed by atoms with E-state index >= 15 is 0 Å². The summed E-state index contributed by atoms with van der Waals surface area (Å²) in [6.07, 6.45) is 0. The molecule has 2 aromatic carbocycles. The Hall–Kier alpha value is -3.04. The molecule has 2 rings (SSSR count). The lowest BCUT2D eigenvalue weighted by molar-refractivity contribution is -0.384. The van der Waals surface area contributed by atoms with E-state index in [4.69, 9.17) is 28.9 Å². The lowest BCUT2D eigenvalue weighted by atomic mass is 10.2. The van der Waals surface area contributed by atoms with Crippen LogP contribution in [0.4, 0.5) is 11.4 Å². The number of thiocarbonyl (C=S) groups is 1. The Kier molecular flexibility index (Phi) is 5.63. The van der Waals surface area contributed by atoms with Crippen LogP contribution in [0.3, 0.4) is 0 Å². The molecule has 1 amide bonds. The summed E-state index contributed by atoms with van der Waals surface area (Å²) in [5.74, 6) is -1.90. The molecule has 3 N–H and O–H groups in total. The molecule has 0 aromatic heterocycles. The van der Waals surface area contributed by atoms with Gasteiger partial charge in [0.25, 0.3) is 11.6 Å². The van der Waals surface area contributed by atoms with Gasteiger partial charge in [0, 0.05) is 22.7 Å². The third kappa shape index (κ3) is 4.72. The van der Waals surface area contributed by atoms with E-state index in [0.717, 1.165) is 6.07 Å². The molecule has 2 aromatic rings. The first-order chi connectivity index (χ1) is 11.8. The van der Waals surface area contributed by atoms with Crippen LogP contribution in [0.1, 0.15) is 20.7 Å². The van der Waals surface area contributed by atoms with Crippen molar-refractivity contribution in [1.82, 2.24) is 5.32 Å². The van der Waals surface area contributed by atoms with Crippen LogP contribution in [0.5, 0.6) is 0 Å². The standard InChI is InChI=1S/C15H10ClN3O5S/c16-9-4-5-12(11(7-9)14(21)22)17-15(25)18-13(20)8-2-1-3-10(6-8)19(23)24/h1-7H,(H,21,22)(H2,17,18,20,25).